The molecule has 0 unspecified atom stereocenters. The smallest absolute Gasteiger partial charge is 0.278 e. The fourth-order valence-electron chi connectivity index (χ4n) is 2.73. The highest BCUT2D eigenvalue weighted by Gasteiger charge is 2.21. The van der Waals surface area contributed by atoms with Gasteiger partial charge in [0.05, 0.1) is 11.4 Å². The van der Waals surface area contributed by atoms with Gasteiger partial charge in [-0.1, -0.05) is 0 Å². The lowest BCUT2D eigenvalue weighted by Crippen LogP contribution is -2.40. The number of rotatable bonds is 3. The van der Waals surface area contributed by atoms with Crippen LogP contribution < -0.4 is 21.7 Å². The standard InChI is InChI=1S/C16H19FN6O/c17-10-1-2-13(23-7-3-11(18)4-8-23)12(9-10)22-16(24)14-15(19)21-6-5-20-14/h1-2,5-6,9,11H,3-4,7-8,18H2,(H2,19,21)(H,22,24). The van der Waals surface area contributed by atoms with Crippen LogP contribution in [-0.4, -0.2) is 35.0 Å². The number of nitrogens with zero attached hydrogens (tertiary/aromatic N) is 3. The van der Waals surface area contributed by atoms with Crippen LogP contribution in [-0.2, 0) is 0 Å². The summed E-state index contributed by atoms with van der Waals surface area (Å²) in [5.74, 6) is -0.937. The van der Waals surface area contributed by atoms with Gasteiger partial charge in [0.15, 0.2) is 11.5 Å². The second kappa shape index (κ2) is 6.79. The average molecular weight is 330 g/mol. The van der Waals surface area contributed by atoms with Crippen molar-refractivity contribution in [2.24, 2.45) is 5.73 Å². The zero-order chi connectivity index (χ0) is 17.1. The number of aromatic nitrogens is 2. The van der Waals surface area contributed by atoms with E-state index in [9.17, 15) is 9.18 Å². The molecule has 1 saturated heterocycles. The van der Waals surface area contributed by atoms with Crippen LogP contribution in [0.2, 0.25) is 0 Å². The number of benzene rings is 1. The fraction of sp³-hybridized carbons (Fsp3) is 0.312. The van der Waals surface area contributed by atoms with Gasteiger partial charge < -0.3 is 21.7 Å². The van der Waals surface area contributed by atoms with Crippen LogP contribution in [0.4, 0.5) is 21.6 Å². The van der Waals surface area contributed by atoms with Crippen molar-refractivity contribution < 1.29 is 9.18 Å². The number of amides is 1. The normalized spacial score (nSPS) is 15.3. The molecule has 0 saturated carbocycles. The summed E-state index contributed by atoms with van der Waals surface area (Å²) in [4.78, 5) is 22.2. The molecule has 1 aromatic carbocycles. The number of anilines is 3. The number of halogens is 1. The highest BCUT2D eigenvalue weighted by molar-refractivity contribution is 6.07. The summed E-state index contributed by atoms with van der Waals surface area (Å²) in [6.07, 6.45) is 4.48. The molecule has 5 N–H and O–H groups in total. The first-order chi connectivity index (χ1) is 11.5. The van der Waals surface area contributed by atoms with E-state index in [0.717, 1.165) is 31.6 Å². The topological polar surface area (TPSA) is 110 Å². The van der Waals surface area contributed by atoms with E-state index in [1.54, 1.807) is 6.07 Å². The molecule has 0 atom stereocenters. The number of carbonyl (C=O) groups excluding carboxylic acids is 1. The minimum atomic E-state index is -0.527. The van der Waals surface area contributed by atoms with E-state index in [4.69, 9.17) is 11.5 Å². The maximum atomic E-state index is 13.7. The number of hydrogen-bond acceptors (Lipinski definition) is 6. The number of nitrogens with two attached hydrogens (primary N) is 2. The van der Waals surface area contributed by atoms with Gasteiger partial charge in [-0.15, -0.1) is 0 Å². The Morgan fingerprint density at radius 3 is 2.67 bits per heavy atom. The third kappa shape index (κ3) is 3.43. The number of nitrogen functional groups attached to an aromatic ring is 1. The molecule has 1 fully saturated rings. The van der Waals surface area contributed by atoms with E-state index in [1.807, 2.05) is 0 Å². The Kier molecular flexibility index (Phi) is 4.57. The lowest BCUT2D eigenvalue weighted by molar-refractivity contribution is 0.102. The van der Waals surface area contributed by atoms with Crippen LogP contribution in [0.15, 0.2) is 30.6 Å². The van der Waals surface area contributed by atoms with E-state index in [2.05, 4.69) is 20.2 Å². The predicted molar refractivity (Wildman–Crippen MR) is 90.2 cm³/mol. The zero-order valence-electron chi connectivity index (χ0n) is 13.1. The maximum Gasteiger partial charge on any atom is 0.278 e. The molecule has 1 aromatic heterocycles. The number of nitrogens with one attached hydrogen (secondary N) is 1. The van der Waals surface area contributed by atoms with Crippen LogP contribution in [0.1, 0.15) is 23.3 Å². The molecule has 1 amide bonds. The van der Waals surface area contributed by atoms with Crippen LogP contribution in [0, 0.1) is 5.82 Å². The van der Waals surface area contributed by atoms with Gasteiger partial charge in [-0.05, 0) is 31.0 Å². The van der Waals surface area contributed by atoms with Gasteiger partial charge in [-0.25, -0.2) is 14.4 Å². The molecule has 1 aliphatic rings. The zero-order valence-corrected chi connectivity index (χ0v) is 13.1. The highest BCUT2D eigenvalue weighted by Crippen LogP contribution is 2.29. The molecule has 24 heavy (non-hydrogen) atoms. The quantitative estimate of drug-likeness (QED) is 0.784. The van der Waals surface area contributed by atoms with Crippen LogP contribution >= 0.6 is 0 Å². The summed E-state index contributed by atoms with van der Waals surface area (Å²) in [5.41, 5.74) is 12.7. The van der Waals surface area contributed by atoms with Crippen molar-refractivity contribution in [1.82, 2.24) is 9.97 Å². The third-order valence-corrected chi connectivity index (χ3v) is 4.03. The molecule has 3 rings (SSSR count). The van der Waals surface area contributed by atoms with Crippen LogP contribution in [0.5, 0.6) is 0 Å². The van der Waals surface area contributed by atoms with E-state index in [0.29, 0.717) is 5.69 Å². The molecule has 0 aliphatic carbocycles. The maximum absolute atomic E-state index is 13.7. The Morgan fingerprint density at radius 2 is 1.96 bits per heavy atom. The largest absolute Gasteiger partial charge is 0.382 e. The Labute approximate surface area is 138 Å². The first-order valence-corrected chi connectivity index (χ1v) is 7.72. The summed E-state index contributed by atoms with van der Waals surface area (Å²) in [7, 11) is 0. The van der Waals surface area contributed by atoms with Crippen molar-refractivity contribution in [1.29, 1.82) is 0 Å². The van der Waals surface area contributed by atoms with Crippen LogP contribution in [0.3, 0.4) is 0 Å². The van der Waals surface area contributed by atoms with Crippen molar-refractivity contribution in [3.8, 4) is 0 Å². The molecule has 2 aromatic rings. The van der Waals surface area contributed by atoms with Crippen molar-refractivity contribution in [3.05, 3.63) is 42.1 Å². The molecular weight excluding hydrogens is 311 g/mol. The first kappa shape index (κ1) is 16.1. The van der Waals surface area contributed by atoms with Crippen molar-refractivity contribution in [2.45, 2.75) is 18.9 Å². The van der Waals surface area contributed by atoms with Gasteiger partial charge in [-0.2, -0.15) is 0 Å². The van der Waals surface area contributed by atoms with Gasteiger partial charge in [0.2, 0.25) is 0 Å². The number of carbonyl (C=O) groups is 1. The van der Waals surface area contributed by atoms with E-state index >= 15 is 0 Å². The van der Waals surface area contributed by atoms with Crippen molar-refractivity contribution in [3.63, 3.8) is 0 Å². The second-order valence-electron chi connectivity index (χ2n) is 5.73. The summed E-state index contributed by atoms with van der Waals surface area (Å²) in [6, 6.07) is 4.49. The molecule has 7 nitrogen and oxygen atoms in total. The summed E-state index contributed by atoms with van der Waals surface area (Å²) in [6.45, 7) is 1.51. The fourth-order valence-corrected chi connectivity index (χ4v) is 2.73. The molecule has 1 aliphatic heterocycles. The molecule has 2 heterocycles. The molecular formula is C16H19FN6O. The number of hydrogen-bond donors (Lipinski definition) is 3. The third-order valence-electron chi connectivity index (χ3n) is 4.03. The van der Waals surface area contributed by atoms with E-state index < -0.39 is 11.7 Å². The lowest BCUT2D eigenvalue weighted by atomic mass is 10.0. The van der Waals surface area contributed by atoms with Crippen LogP contribution in [0.25, 0.3) is 0 Å². The summed E-state index contributed by atoms with van der Waals surface area (Å²) >= 11 is 0. The minimum Gasteiger partial charge on any atom is -0.382 e. The predicted octanol–water partition coefficient (Wildman–Crippen LogP) is 1.38. The van der Waals surface area contributed by atoms with Gasteiger partial charge >= 0.3 is 0 Å². The Hall–Kier alpha value is -2.74. The lowest BCUT2D eigenvalue weighted by Gasteiger charge is -2.33. The Bertz CT molecular complexity index is 745. The first-order valence-electron chi connectivity index (χ1n) is 7.72. The second-order valence-corrected chi connectivity index (χ2v) is 5.73. The number of piperidine rings is 1. The SMILES string of the molecule is Nc1nccnc1C(=O)Nc1cc(F)ccc1N1CCC(N)CC1. The average Bonchev–Trinajstić information content (AvgIpc) is 2.56. The molecule has 0 radical (unpaired) electrons. The summed E-state index contributed by atoms with van der Waals surface area (Å²) < 4.78 is 13.7. The Balaban J connectivity index is 1.86. The Morgan fingerprint density at radius 1 is 1.25 bits per heavy atom. The molecule has 8 heteroatoms. The van der Waals surface area contributed by atoms with Crippen molar-refractivity contribution in [2.75, 3.05) is 29.0 Å². The van der Waals surface area contributed by atoms with E-state index in [1.165, 1.54) is 24.5 Å². The molecule has 0 spiro atoms. The highest BCUT2D eigenvalue weighted by atomic mass is 19.1. The summed E-state index contributed by atoms with van der Waals surface area (Å²) in [5, 5.41) is 2.68. The van der Waals surface area contributed by atoms with Crippen molar-refractivity contribution >= 4 is 23.1 Å². The van der Waals surface area contributed by atoms with Gasteiger partial charge in [-0.3, -0.25) is 4.79 Å². The minimum absolute atomic E-state index is 0.00776. The van der Waals surface area contributed by atoms with Gasteiger partial charge in [0, 0.05) is 31.5 Å². The molecule has 126 valence electrons. The van der Waals surface area contributed by atoms with Gasteiger partial charge in [0.1, 0.15) is 5.82 Å². The van der Waals surface area contributed by atoms with E-state index in [-0.39, 0.29) is 17.6 Å². The molecule has 0 bridgehead atoms. The monoisotopic (exact) mass is 330 g/mol. The van der Waals surface area contributed by atoms with Gasteiger partial charge in [0.25, 0.3) is 5.91 Å².